The second kappa shape index (κ2) is 16.0. The number of nitrogens with zero attached hydrogens (tertiary/aromatic N) is 6. The maximum atomic E-state index is 5.63. The van der Waals surface area contributed by atoms with Gasteiger partial charge in [-0.1, -0.05) is 54.6 Å². The van der Waals surface area contributed by atoms with Gasteiger partial charge in [0.05, 0.1) is 5.71 Å². The minimum Gasteiger partial charge on any atom is -0.741 e. The molecule has 4 aromatic rings. The van der Waals surface area contributed by atoms with Crippen molar-refractivity contribution in [1.29, 1.82) is 0 Å². The van der Waals surface area contributed by atoms with Gasteiger partial charge in [0.25, 0.3) is 0 Å². The van der Waals surface area contributed by atoms with Crippen LogP contribution in [0.4, 0.5) is 0 Å². The van der Waals surface area contributed by atoms with Gasteiger partial charge in [0, 0.05) is 24.6 Å². The number of hydrogen-bond donors (Lipinski definition) is 2. The Morgan fingerprint density at radius 1 is 0.683 bits per heavy atom. The van der Waals surface area contributed by atoms with Gasteiger partial charge in [-0.3, -0.25) is 0 Å². The zero-order chi connectivity index (χ0) is 28.2. The van der Waals surface area contributed by atoms with Crippen molar-refractivity contribution in [2.24, 2.45) is 20.4 Å². The van der Waals surface area contributed by atoms with Crippen molar-refractivity contribution in [1.82, 2.24) is 20.6 Å². The third-order valence-corrected chi connectivity index (χ3v) is 10.6. The fourth-order valence-corrected chi connectivity index (χ4v) is 8.14. The third kappa shape index (κ3) is 8.22. The molecule has 1 radical (unpaired) electrons. The number of amidine groups is 2. The van der Waals surface area contributed by atoms with Gasteiger partial charge in [0.1, 0.15) is 29.5 Å². The fraction of sp³-hybridized carbons (Fsp3) is 0.103. The van der Waals surface area contributed by atoms with Crippen LogP contribution in [-0.2, 0) is 42.3 Å². The van der Waals surface area contributed by atoms with Crippen LogP contribution in [0.1, 0.15) is 12.7 Å². The van der Waals surface area contributed by atoms with E-state index in [1.165, 1.54) is 15.9 Å². The molecule has 0 unspecified atom stereocenters. The van der Waals surface area contributed by atoms with Crippen molar-refractivity contribution in [2.45, 2.75) is 6.92 Å². The SMILES string of the molecule is CN/C([S-])=N/N=C(/C(C)=N/N=C(\[S-])NC[P+](c1ccccc1)(c1ccccc1)c1ccccc1)c1ncccn1.[Cu+2]. The van der Waals surface area contributed by atoms with Crippen molar-refractivity contribution in [3.05, 3.63) is 115 Å². The molecule has 0 spiro atoms. The van der Waals surface area contributed by atoms with Gasteiger partial charge in [-0.25, -0.2) is 9.97 Å². The molecule has 2 N–H and O–H groups in total. The molecule has 211 valence electrons. The minimum absolute atomic E-state index is 0. The van der Waals surface area contributed by atoms with E-state index in [9.17, 15) is 0 Å². The number of rotatable bonds is 9. The second-order valence-corrected chi connectivity index (χ2v) is 12.7. The Kier molecular flexibility index (Phi) is 12.5. The van der Waals surface area contributed by atoms with E-state index < -0.39 is 7.26 Å². The zero-order valence-electron chi connectivity index (χ0n) is 22.3. The monoisotopic (exact) mass is 646 g/mol. The van der Waals surface area contributed by atoms with Crippen LogP contribution < -0.4 is 26.5 Å². The first-order chi connectivity index (χ1) is 19.5. The molecule has 0 aliphatic carbocycles. The molecule has 0 saturated heterocycles. The Morgan fingerprint density at radius 2 is 1.15 bits per heavy atom. The molecule has 41 heavy (non-hydrogen) atoms. The largest absolute Gasteiger partial charge is 2.00 e. The Labute approximate surface area is 262 Å². The molecule has 1 heterocycles. The fourth-order valence-electron chi connectivity index (χ4n) is 4.00. The van der Waals surface area contributed by atoms with E-state index >= 15 is 0 Å². The van der Waals surface area contributed by atoms with Gasteiger partial charge in [-0.15, -0.1) is 5.10 Å². The molecular weight excluding hydrogens is 619 g/mol. The molecule has 3 aromatic carbocycles. The first-order valence-electron chi connectivity index (χ1n) is 12.4. The van der Waals surface area contributed by atoms with Gasteiger partial charge in [-0.05, 0) is 54.6 Å². The van der Waals surface area contributed by atoms with Crippen LogP contribution in [0, 0.1) is 0 Å². The molecule has 0 saturated carbocycles. The molecule has 0 aliphatic heterocycles. The van der Waals surface area contributed by atoms with E-state index in [0.717, 1.165) is 0 Å². The average Bonchev–Trinajstić information content (AvgIpc) is 3.02. The maximum Gasteiger partial charge on any atom is 2.00 e. The van der Waals surface area contributed by atoms with Crippen molar-refractivity contribution >= 4 is 70.2 Å². The first-order valence-corrected chi connectivity index (χ1v) is 15.2. The average molecular weight is 647 g/mol. The molecule has 1 aromatic heterocycles. The topological polar surface area (TPSA) is 99.3 Å². The summed E-state index contributed by atoms with van der Waals surface area (Å²) >= 11 is 10.7. The Morgan fingerprint density at radius 3 is 1.61 bits per heavy atom. The predicted octanol–water partition coefficient (Wildman–Crippen LogP) is 3.12. The summed E-state index contributed by atoms with van der Waals surface area (Å²) in [6.07, 6.45) is 3.80. The van der Waals surface area contributed by atoms with Crippen molar-refractivity contribution < 1.29 is 17.1 Å². The maximum absolute atomic E-state index is 5.63. The first kappa shape index (κ1) is 31.9. The summed E-state index contributed by atoms with van der Waals surface area (Å²) in [6.45, 7) is 1.74. The third-order valence-electron chi connectivity index (χ3n) is 5.92. The van der Waals surface area contributed by atoms with Gasteiger partial charge < -0.3 is 35.9 Å². The minimum atomic E-state index is -2.13. The molecule has 0 aliphatic rings. The van der Waals surface area contributed by atoms with E-state index in [1.54, 1.807) is 32.4 Å². The summed E-state index contributed by atoms with van der Waals surface area (Å²) in [7, 11) is -0.464. The molecule has 8 nitrogen and oxygen atoms in total. The van der Waals surface area contributed by atoms with Gasteiger partial charge in [-0.2, -0.15) is 15.3 Å². The molecule has 4 rings (SSSR count). The summed E-state index contributed by atoms with van der Waals surface area (Å²) in [4.78, 5) is 8.54. The summed E-state index contributed by atoms with van der Waals surface area (Å²) < 4.78 is 0. The molecule has 0 fully saturated rings. The summed E-state index contributed by atoms with van der Waals surface area (Å²) in [5.41, 5.74) is 0.776. The van der Waals surface area contributed by atoms with E-state index in [4.69, 9.17) is 25.3 Å². The number of nitrogens with one attached hydrogen (secondary N) is 2. The standard InChI is InChI=1S/C29H29N8PS2.Cu/c1-22(26(35-36-28(39)30-2)27-31-19-12-20-32-27)34-37-29(40)33-21-38(23-13-6-3-7-14-23,24-15-8-4-9-16-24)25-17-10-5-11-18-25;/h3-20H,21H2,1-2H3,(H3-,30,31,32,33,34,35,36,37,39,40);/q;+2/p-1. The van der Waals surface area contributed by atoms with E-state index in [-0.39, 0.29) is 27.4 Å². The smallest absolute Gasteiger partial charge is 0.741 e. The quantitative estimate of drug-likeness (QED) is 0.0724. The molecule has 0 amide bonds. The van der Waals surface area contributed by atoms with Gasteiger partial charge >= 0.3 is 17.1 Å². The van der Waals surface area contributed by atoms with Crippen LogP contribution in [0.5, 0.6) is 0 Å². The Balaban J connectivity index is 0.00000462. The van der Waals surface area contributed by atoms with Crippen LogP contribution in [-0.4, -0.2) is 45.1 Å². The second-order valence-electron chi connectivity index (χ2n) is 8.42. The summed E-state index contributed by atoms with van der Waals surface area (Å²) in [5.74, 6) is 0.350. The van der Waals surface area contributed by atoms with E-state index in [2.05, 4.69) is 114 Å². The Hall–Kier alpha value is -3.59. The van der Waals surface area contributed by atoms with Crippen molar-refractivity contribution in [3.63, 3.8) is 0 Å². The van der Waals surface area contributed by atoms with Crippen LogP contribution in [0.2, 0.25) is 0 Å². The van der Waals surface area contributed by atoms with Gasteiger partial charge in [0.15, 0.2) is 11.5 Å². The number of aromatic nitrogens is 2. The van der Waals surface area contributed by atoms with Crippen LogP contribution >= 0.6 is 7.26 Å². The van der Waals surface area contributed by atoms with Crippen LogP contribution in [0.25, 0.3) is 0 Å². The summed E-state index contributed by atoms with van der Waals surface area (Å²) in [6, 6.07) is 33.3. The van der Waals surface area contributed by atoms with Gasteiger partial charge in [0.2, 0.25) is 0 Å². The van der Waals surface area contributed by atoms with Crippen LogP contribution in [0.3, 0.4) is 0 Å². The zero-order valence-corrected chi connectivity index (χ0v) is 25.8. The molecule has 12 heteroatoms. The normalized spacial score (nSPS) is 12.8. The van der Waals surface area contributed by atoms with Crippen molar-refractivity contribution in [3.8, 4) is 0 Å². The molecule has 0 atom stereocenters. The van der Waals surface area contributed by atoms with Crippen LogP contribution in [0.15, 0.2) is 130 Å². The number of benzene rings is 3. The molecular formula is C29H28CuN8PS2+. The Bertz CT molecular complexity index is 1410. The summed E-state index contributed by atoms with van der Waals surface area (Å²) in [5, 5.41) is 27.2. The molecule has 0 bridgehead atoms. The van der Waals surface area contributed by atoms with E-state index in [0.29, 0.717) is 23.5 Å². The van der Waals surface area contributed by atoms with E-state index in [1.807, 2.05) is 18.2 Å². The van der Waals surface area contributed by atoms with Crippen molar-refractivity contribution in [2.75, 3.05) is 13.3 Å². The predicted molar refractivity (Wildman–Crippen MR) is 173 cm³/mol. The number of hydrogen-bond acceptors (Lipinski definition) is 8.